The lowest BCUT2D eigenvalue weighted by Crippen LogP contribution is -2.34. The normalized spacial score (nSPS) is 25.5. The molecule has 1 aromatic carbocycles. The highest BCUT2D eigenvalue weighted by Crippen LogP contribution is 2.34. The fraction of sp³-hybridized carbons (Fsp3) is 0.600. The van der Waals surface area contributed by atoms with E-state index < -0.39 is 0 Å². The monoisotopic (exact) mass is 250 g/mol. The molecule has 3 atom stereocenters. The van der Waals surface area contributed by atoms with E-state index in [1.807, 2.05) is 19.1 Å². The molecule has 0 saturated carbocycles. The average Bonchev–Trinajstić information content (AvgIpc) is 2.70. The molecular formula is C15H23FN2. The zero-order valence-electron chi connectivity index (χ0n) is 11.5. The van der Waals surface area contributed by atoms with E-state index in [1.54, 1.807) is 6.07 Å². The van der Waals surface area contributed by atoms with Crippen LogP contribution in [-0.4, -0.2) is 12.1 Å². The second kappa shape index (κ2) is 5.27. The van der Waals surface area contributed by atoms with E-state index in [2.05, 4.69) is 18.7 Å². The number of halogens is 1. The third kappa shape index (κ3) is 2.37. The van der Waals surface area contributed by atoms with E-state index in [1.165, 1.54) is 0 Å². The minimum Gasteiger partial charge on any atom is -0.363 e. The quantitative estimate of drug-likeness (QED) is 0.888. The van der Waals surface area contributed by atoms with Gasteiger partial charge in [-0.05, 0) is 50.8 Å². The SMILES string of the molecule is CCC1CCC(C)N1c1ccc([C@@H](C)N)cc1F. The second-order valence-corrected chi connectivity index (χ2v) is 5.40. The Kier molecular flexibility index (Phi) is 3.91. The fourth-order valence-corrected chi connectivity index (χ4v) is 2.92. The Morgan fingerprint density at radius 3 is 2.72 bits per heavy atom. The molecule has 2 rings (SSSR count). The highest BCUT2D eigenvalue weighted by molar-refractivity contribution is 5.52. The first kappa shape index (κ1) is 13.3. The molecule has 1 heterocycles. The summed E-state index contributed by atoms with van der Waals surface area (Å²) in [5.41, 5.74) is 7.38. The maximum absolute atomic E-state index is 14.2. The molecule has 1 fully saturated rings. The molecule has 1 aliphatic rings. The summed E-state index contributed by atoms with van der Waals surface area (Å²) in [6.45, 7) is 6.22. The van der Waals surface area contributed by atoms with E-state index in [9.17, 15) is 4.39 Å². The lowest BCUT2D eigenvalue weighted by atomic mass is 10.1. The van der Waals surface area contributed by atoms with Gasteiger partial charge in [-0.2, -0.15) is 0 Å². The Morgan fingerprint density at radius 2 is 2.17 bits per heavy atom. The van der Waals surface area contributed by atoms with Crippen LogP contribution in [0.4, 0.5) is 10.1 Å². The van der Waals surface area contributed by atoms with Crippen molar-refractivity contribution in [3.8, 4) is 0 Å². The number of nitrogens with two attached hydrogens (primary N) is 1. The predicted octanol–water partition coefficient (Wildman–Crippen LogP) is 3.61. The van der Waals surface area contributed by atoms with Crippen molar-refractivity contribution in [2.45, 2.75) is 58.2 Å². The zero-order chi connectivity index (χ0) is 13.3. The topological polar surface area (TPSA) is 29.3 Å². The summed E-state index contributed by atoms with van der Waals surface area (Å²) in [6, 6.07) is 6.18. The maximum Gasteiger partial charge on any atom is 0.146 e. The molecule has 0 aliphatic carbocycles. The predicted molar refractivity (Wildman–Crippen MR) is 74.3 cm³/mol. The third-order valence-corrected chi connectivity index (χ3v) is 4.03. The van der Waals surface area contributed by atoms with Crippen molar-refractivity contribution >= 4 is 5.69 Å². The third-order valence-electron chi connectivity index (χ3n) is 4.03. The van der Waals surface area contributed by atoms with E-state index in [-0.39, 0.29) is 11.9 Å². The summed E-state index contributed by atoms with van der Waals surface area (Å²) in [6.07, 6.45) is 3.37. The van der Waals surface area contributed by atoms with Gasteiger partial charge in [-0.15, -0.1) is 0 Å². The Hall–Kier alpha value is -1.09. The maximum atomic E-state index is 14.2. The number of hydrogen-bond acceptors (Lipinski definition) is 2. The summed E-state index contributed by atoms with van der Waals surface area (Å²) >= 11 is 0. The minimum absolute atomic E-state index is 0.119. The summed E-state index contributed by atoms with van der Waals surface area (Å²) < 4.78 is 14.2. The molecular weight excluding hydrogens is 227 g/mol. The number of nitrogens with zero attached hydrogens (tertiary/aromatic N) is 1. The van der Waals surface area contributed by atoms with Crippen LogP contribution in [0.15, 0.2) is 18.2 Å². The summed E-state index contributed by atoms with van der Waals surface area (Å²) in [5, 5.41) is 0. The smallest absolute Gasteiger partial charge is 0.146 e. The molecule has 3 heteroatoms. The van der Waals surface area contributed by atoms with Crippen LogP contribution in [0.3, 0.4) is 0 Å². The van der Waals surface area contributed by atoms with Crippen LogP contribution in [-0.2, 0) is 0 Å². The van der Waals surface area contributed by atoms with Crippen molar-refractivity contribution in [1.29, 1.82) is 0 Å². The first-order valence-corrected chi connectivity index (χ1v) is 6.88. The zero-order valence-corrected chi connectivity index (χ0v) is 11.5. The van der Waals surface area contributed by atoms with Gasteiger partial charge in [0.15, 0.2) is 0 Å². The molecule has 0 aromatic heterocycles. The first-order chi connectivity index (χ1) is 8.54. The number of rotatable bonds is 3. The van der Waals surface area contributed by atoms with Crippen molar-refractivity contribution in [3.05, 3.63) is 29.6 Å². The van der Waals surface area contributed by atoms with Crippen LogP contribution >= 0.6 is 0 Å². The van der Waals surface area contributed by atoms with Gasteiger partial charge in [0.2, 0.25) is 0 Å². The lowest BCUT2D eigenvalue weighted by molar-refractivity contribution is 0.579. The molecule has 0 spiro atoms. The van der Waals surface area contributed by atoms with E-state index in [4.69, 9.17) is 5.73 Å². The van der Waals surface area contributed by atoms with Crippen LogP contribution in [0.2, 0.25) is 0 Å². The highest BCUT2D eigenvalue weighted by Gasteiger charge is 2.31. The van der Waals surface area contributed by atoms with Crippen molar-refractivity contribution in [3.63, 3.8) is 0 Å². The van der Waals surface area contributed by atoms with Crippen molar-refractivity contribution in [1.82, 2.24) is 0 Å². The van der Waals surface area contributed by atoms with Crippen molar-refractivity contribution < 1.29 is 4.39 Å². The van der Waals surface area contributed by atoms with Gasteiger partial charge in [-0.3, -0.25) is 0 Å². The Bertz CT molecular complexity index is 417. The standard InChI is InChI=1S/C15H23FN2/c1-4-13-7-5-10(2)18(13)15-8-6-12(11(3)17)9-14(15)16/h6,8-11,13H,4-5,7,17H2,1-3H3/t10?,11-,13?/m1/s1. The molecule has 1 aliphatic heterocycles. The second-order valence-electron chi connectivity index (χ2n) is 5.40. The number of benzene rings is 1. The van der Waals surface area contributed by atoms with Crippen molar-refractivity contribution in [2.24, 2.45) is 5.73 Å². The van der Waals surface area contributed by atoms with Gasteiger partial charge in [0, 0.05) is 18.1 Å². The van der Waals surface area contributed by atoms with Gasteiger partial charge in [-0.25, -0.2) is 4.39 Å². The molecule has 1 aromatic rings. The molecule has 2 unspecified atom stereocenters. The Morgan fingerprint density at radius 1 is 1.44 bits per heavy atom. The van der Waals surface area contributed by atoms with Gasteiger partial charge < -0.3 is 10.6 Å². The van der Waals surface area contributed by atoms with E-state index in [0.29, 0.717) is 12.1 Å². The Labute approximate surface area is 109 Å². The largest absolute Gasteiger partial charge is 0.363 e. The van der Waals surface area contributed by atoms with Crippen LogP contribution in [0.25, 0.3) is 0 Å². The molecule has 2 nitrogen and oxygen atoms in total. The van der Waals surface area contributed by atoms with Gasteiger partial charge in [0.05, 0.1) is 5.69 Å². The van der Waals surface area contributed by atoms with E-state index >= 15 is 0 Å². The highest BCUT2D eigenvalue weighted by atomic mass is 19.1. The van der Waals surface area contributed by atoms with Gasteiger partial charge in [0.25, 0.3) is 0 Å². The Balaban J connectivity index is 2.33. The van der Waals surface area contributed by atoms with Gasteiger partial charge in [-0.1, -0.05) is 13.0 Å². The molecule has 2 N–H and O–H groups in total. The van der Waals surface area contributed by atoms with Crippen LogP contribution < -0.4 is 10.6 Å². The average molecular weight is 250 g/mol. The number of anilines is 1. The molecule has 1 saturated heterocycles. The van der Waals surface area contributed by atoms with E-state index in [0.717, 1.165) is 30.5 Å². The summed E-state index contributed by atoms with van der Waals surface area (Å²) in [7, 11) is 0. The number of hydrogen-bond donors (Lipinski definition) is 1. The molecule has 100 valence electrons. The van der Waals surface area contributed by atoms with Gasteiger partial charge >= 0.3 is 0 Å². The summed E-state index contributed by atoms with van der Waals surface area (Å²) in [4.78, 5) is 2.24. The van der Waals surface area contributed by atoms with Crippen LogP contribution in [0.5, 0.6) is 0 Å². The fourth-order valence-electron chi connectivity index (χ4n) is 2.92. The first-order valence-electron chi connectivity index (χ1n) is 6.88. The molecule has 0 radical (unpaired) electrons. The molecule has 18 heavy (non-hydrogen) atoms. The van der Waals surface area contributed by atoms with Gasteiger partial charge in [0.1, 0.15) is 5.82 Å². The van der Waals surface area contributed by atoms with Crippen LogP contribution in [0, 0.1) is 5.82 Å². The summed E-state index contributed by atoms with van der Waals surface area (Å²) in [5.74, 6) is -0.142. The molecule has 0 bridgehead atoms. The lowest BCUT2D eigenvalue weighted by Gasteiger charge is -2.31. The van der Waals surface area contributed by atoms with Crippen molar-refractivity contribution in [2.75, 3.05) is 4.90 Å². The minimum atomic E-state index is -0.142. The molecule has 0 amide bonds. The van der Waals surface area contributed by atoms with Crippen LogP contribution in [0.1, 0.15) is 51.6 Å².